The number of aryl methyl sites for hydroxylation is 2. The first-order valence-electron chi connectivity index (χ1n) is 9.41. The maximum Gasteiger partial charge on any atom is 0.256 e. The third-order valence-corrected chi connectivity index (χ3v) is 4.58. The van der Waals surface area contributed by atoms with Crippen molar-refractivity contribution >= 4 is 11.7 Å². The second-order valence-corrected chi connectivity index (χ2v) is 6.96. The zero-order valence-electron chi connectivity index (χ0n) is 16.4. The lowest BCUT2D eigenvalue weighted by Crippen LogP contribution is -2.13. The van der Waals surface area contributed by atoms with Crippen molar-refractivity contribution in [1.29, 1.82) is 0 Å². The molecular weight excluding hydrogens is 364 g/mol. The molecule has 0 bridgehead atoms. The van der Waals surface area contributed by atoms with E-state index in [-0.39, 0.29) is 5.91 Å². The monoisotopic (exact) mass is 386 g/mol. The van der Waals surface area contributed by atoms with Crippen LogP contribution in [0.4, 0.5) is 5.82 Å². The Labute approximate surface area is 169 Å². The number of carbonyl (C=O) groups is 1. The molecule has 1 amide bonds. The Balaban J connectivity index is 1.38. The highest BCUT2D eigenvalue weighted by Gasteiger charge is 2.09. The first-order chi connectivity index (χ1) is 14.1. The highest BCUT2D eigenvalue weighted by atomic mass is 16.1. The summed E-state index contributed by atoms with van der Waals surface area (Å²) in [6, 6.07) is 17.1. The zero-order chi connectivity index (χ0) is 20.2. The molecule has 0 saturated carbocycles. The van der Waals surface area contributed by atoms with Crippen LogP contribution in [0.5, 0.6) is 0 Å². The molecule has 7 nitrogen and oxygen atoms in total. The number of aromatic nitrogens is 5. The van der Waals surface area contributed by atoms with Crippen molar-refractivity contribution in [3.63, 3.8) is 0 Å². The molecule has 0 radical (unpaired) electrons. The Morgan fingerprint density at radius 1 is 1.00 bits per heavy atom. The predicted molar refractivity (Wildman–Crippen MR) is 111 cm³/mol. The van der Waals surface area contributed by atoms with Gasteiger partial charge >= 0.3 is 0 Å². The molecule has 0 aliphatic rings. The summed E-state index contributed by atoms with van der Waals surface area (Å²) in [6.45, 7) is 5.25. The van der Waals surface area contributed by atoms with E-state index in [9.17, 15) is 4.79 Å². The Morgan fingerprint density at radius 2 is 1.83 bits per heavy atom. The smallest absolute Gasteiger partial charge is 0.256 e. The Kier molecular flexibility index (Phi) is 5.20. The molecule has 0 aliphatic heterocycles. The van der Waals surface area contributed by atoms with Gasteiger partial charge < -0.3 is 5.32 Å². The van der Waals surface area contributed by atoms with Gasteiger partial charge in [0.25, 0.3) is 5.91 Å². The summed E-state index contributed by atoms with van der Waals surface area (Å²) in [5, 5.41) is 11.7. The summed E-state index contributed by atoms with van der Waals surface area (Å²) in [5.74, 6) is 0.323. The number of rotatable bonds is 6. The molecule has 1 N–H and O–H groups in total. The van der Waals surface area contributed by atoms with Gasteiger partial charge in [-0.25, -0.2) is 0 Å². The normalized spacial score (nSPS) is 10.8. The van der Waals surface area contributed by atoms with Gasteiger partial charge in [-0.1, -0.05) is 18.2 Å². The van der Waals surface area contributed by atoms with E-state index < -0.39 is 0 Å². The van der Waals surface area contributed by atoms with Gasteiger partial charge in [-0.15, -0.1) is 0 Å². The molecule has 3 aromatic heterocycles. The van der Waals surface area contributed by atoms with Crippen LogP contribution in [-0.4, -0.2) is 30.5 Å². The molecular formula is C22H22N6O. The molecule has 4 rings (SSSR count). The maximum absolute atomic E-state index is 12.5. The first-order valence-corrected chi connectivity index (χ1v) is 9.41. The van der Waals surface area contributed by atoms with Crippen LogP contribution in [0.2, 0.25) is 0 Å². The molecule has 0 atom stereocenters. The molecule has 146 valence electrons. The summed E-state index contributed by atoms with van der Waals surface area (Å²) in [5.41, 5.74) is 4.70. The summed E-state index contributed by atoms with van der Waals surface area (Å²) in [4.78, 5) is 16.8. The molecule has 29 heavy (non-hydrogen) atoms. The third kappa shape index (κ3) is 4.57. The van der Waals surface area contributed by atoms with E-state index in [4.69, 9.17) is 0 Å². The van der Waals surface area contributed by atoms with Crippen molar-refractivity contribution in [1.82, 2.24) is 24.5 Å². The van der Waals surface area contributed by atoms with Gasteiger partial charge in [0.05, 0.1) is 24.5 Å². The fraction of sp³-hybridized carbons (Fsp3) is 0.182. The van der Waals surface area contributed by atoms with Crippen LogP contribution >= 0.6 is 0 Å². The molecule has 0 spiro atoms. The van der Waals surface area contributed by atoms with Crippen molar-refractivity contribution in [3.05, 3.63) is 95.2 Å². The van der Waals surface area contributed by atoms with E-state index in [1.54, 1.807) is 16.9 Å². The average molecular weight is 386 g/mol. The standard InChI is InChI=1S/C22H22N6O/c1-16-13-17(2)28(25-16)14-18-6-8-19(9-7-18)22(29)24-21-10-12-27(26-21)15-20-5-3-4-11-23-20/h3-13H,14-15H2,1-2H3,(H,24,26,29). The van der Waals surface area contributed by atoms with Gasteiger partial charge in [0, 0.05) is 29.7 Å². The number of anilines is 1. The molecule has 0 saturated heterocycles. The van der Waals surface area contributed by atoms with Gasteiger partial charge in [-0.3, -0.25) is 19.1 Å². The number of nitrogens with one attached hydrogen (secondary N) is 1. The van der Waals surface area contributed by atoms with Gasteiger partial charge in [-0.05, 0) is 49.7 Å². The molecule has 7 heteroatoms. The Morgan fingerprint density at radius 3 is 2.52 bits per heavy atom. The molecule has 0 fully saturated rings. The lowest BCUT2D eigenvalue weighted by molar-refractivity contribution is 0.102. The van der Waals surface area contributed by atoms with Crippen molar-refractivity contribution in [2.75, 3.05) is 5.32 Å². The van der Waals surface area contributed by atoms with Crippen LogP contribution in [0.25, 0.3) is 0 Å². The first kappa shape index (κ1) is 18.6. The van der Waals surface area contributed by atoms with Crippen molar-refractivity contribution in [3.8, 4) is 0 Å². The fourth-order valence-corrected chi connectivity index (χ4v) is 3.13. The molecule has 4 aromatic rings. The Hall–Kier alpha value is -3.74. The average Bonchev–Trinajstić information content (AvgIpc) is 3.28. The lowest BCUT2D eigenvalue weighted by Gasteiger charge is -2.06. The zero-order valence-corrected chi connectivity index (χ0v) is 16.4. The number of carbonyl (C=O) groups excluding carboxylic acids is 1. The number of amides is 1. The summed E-state index contributed by atoms with van der Waals surface area (Å²) in [6.07, 6.45) is 3.57. The van der Waals surface area contributed by atoms with E-state index in [0.29, 0.717) is 24.5 Å². The highest BCUT2D eigenvalue weighted by Crippen LogP contribution is 2.12. The number of hydrogen-bond donors (Lipinski definition) is 1. The molecule has 1 aromatic carbocycles. The van der Waals surface area contributed by atoms with E-state index in [0.717, 1.165) is 22.6 Å². The predicted octanol–water partition coefficient (Wildman–Crippen LogP) is 3.44. The van der Waals surface area contributed by atoms with Gasteiger partial charge in [0.1, 0.15) is 0 Å². The second-order valence-electron chi connectivity index (χ2n) is 6.96. The Bertz CT molecular complexity index is 1110. The minimum absolute atomic E-state index is 0.189. The minimum Gasteiger partial charge on any atom is -0.305 e. The molecule has 3 heterocycles. The van der Waals surface area contributed by atoms with Crippen molar-refractivity contribution < 1.29 is 4.79 Å². The van der Waals surface area contributed by atoms with E-state index >= 15 is 0 Å². The van der Waals surface area contributed by atoms with Crippen LogP contribution in [0.1, 0.15) is 33.0 Å². The van der Waals surface area contributed by atoms with Gasteiger partial charge in [-0.2, -0.15) is 10.2 Å². The summed E-state index contributed by atoms with van der Waals surface area (Å²) < 4.78 is 3.70. The quantitative estimate of drug-likeness (QED) is 0.551. The highest BCUT2D eigenvalue weighted by molar-refractivity contribution is 6.03. The third-order valence-electron chi connectivity index (χ3n) is 4.58. The van der Waals surface area contributed by atoms with Crippen LogP contribution in [0, 0.1) is 13.8 Å². The number of nitrogens with zero attached hydrogens (tertiary/aromatic N) is 5. The summed E-state index contributed by atoms with van der Waals surface area (Å²) in [7, 11) is 0. The SMILES string of the molecule is Cc1cc(C)n(Cc2ccc(C(=O)Nc3ccn(Cc4ccccn4)n3)cc2)n1. The van der Waals surface area contributed by atoms with E-state index in [2.05, 4.69) is 26.6 Å². The second kappa shape index (κ2) is 8.10. The van der Waals surface area contributed by atoms with Crippen LogP contribution in [0.15, 0.2) is 67.0 Å². The topological polar surface area (TPSA) is 77.6 Å². The van der Waals surface area contributed by atoms with E-state index in [1.165, 1.54) is 0 Å². The lowest BCUT2D eigenvalue weighted by atomic mass is 10.1. The van der Waals surface area contributed by atoms with Crippen molar-refractivity contribution in [2.45, 2.75) is 26.9 Å². The van der Waals surface area contributed by atoms with Crippen LogP contribution < -0.4 is 5.32 Å². The maximum atomic E-state index is 12.5. The molecule has 0 aliphatic carbocycles. The number of hydrogen-bond acceptors (Lipinski definition) is 4. The van der Waals surface area contributed by atoms with Crippen LogP contribution in [-0.2, 0) is 13.1 Å². The summed E-state index contributed by atoms with van der Waals surface area (Å²) >= 11 is 0. The largest absolute Gasteiger partial charge is 0.305 e. The fourth-order valence-electron chi connectivity index (χ4n) is 3.13. The van der Waals surface area contributed by atoms with Crippen molar-refractivity contribution in [2.24, 2.45) is 0 Å². The number of benzene rings is 1. The number of pyridine rings is 1. The van der Waals surface area contributed by atoms with Gasteiger partial charge in [0.2, 0.25) is 0 Å². The van der Waals surface area contributed by atoms with Crippen LogP contribution in [0.3, 0.4) is 0 Å². The minimum atomic E-state index is -0.189. The van der Waals surface area contributed by atoms with Gasteiger partial charge in [0.15, 0.2) is 5.82 Å². The van der Waals surface area contributed by atoms with E-state index in [1.807, 2.05) is 67.2 Å². The molecule has 0 unspecified atom stereocenters.